The maximum atomic E-state index is 12.7. The van der Waals surface area contributed by atoms with Crippen LogP contribution in [-0.2, 0) is 28.6 Å². The van der Waals surface area contributed by atoms with E-state index in [0.717, 1.165) is 63.7 Å². The second kappa shape index (κ2) is 43.5. The molecule has 0 rings (SSSR count). The second-order valence-electron chi connectivity index (χ2n) is 17.0. The second-order valence-corrected chi connectivity index (χ2v) is 17.0. The Bertz CT molecular complexity index is 828. The first-order valence-corrected chi connectivity index (χ1v) is 24.4. The van der Waals surface area contributed by atoms with Gasteiger partial charge >= 0.3 is 17.9 Å². The quantitative estimate of drug-likeness (QED) is 0.0348. The van der Waals surface area contributed by atoms with E-state index in [2.05, 4.69) is 27.7 Å². The topological polar surface area (TPSA) is 78.9 Å². The van der Waals surface area contributed by atoms with Crippen LogP contribution in [0.2, 0.25) is 0 Å². The molecule has 0 aromatic rings. The predicted molar refractivity (Wildman–Crippen MR) is 233 cm³/mol. The molecular formula is C49H94O6. The van der Waals surface area contributed by atoms with Crippen LogP contribution in [0.25, 0.3) is 0 Å². The summed E-state index contributed by atoms with van der Waals surface area (Å²) < 4.78 is 16.7. The van der Waals surface area contributed by atoms with Crippen molar-refractivity contribution in [3.05, 3.63) is 0 Å². The van der Waals surface area contributed by atoms with E-state index in [1.54, 1.807) is 0 Å². The SMILES string of the molecule is CCCCCCCCCCCCCCCCCCC(=O)O[C@H](COC(=O)CCCCCCCCC)COC(=O)CCCCCCCCCCCCC(C)CC. The van der Waals surface area contributed by atoms with E-state index >= 15 is 0 Å². The molecule has 0 aliphatic carbocycles. The minimum absolute atomic E-state index is 0.0639. The van der Waals surface area contributed by atoms with Gasteiger partial charge in [0.15, 0.2) is 6.10 Å². The zero-order valence-electron chi connectivity index (χ0n) is 37.4. The van der Waals surface area contributed by atoms with Crippen molar-refractivity contribution in [2.45, 2.75) is 278 Å². The maximum Gasteiger partial charge on any atom is 0.306 e. The van der Waals surface area contributed by atoms with Gasteiger partial charge in [0.05, 0.1) is 0 Å². The van der Waals surface area contributed by atoms with Gasteiger partial charge in [-0.2, -0.15) is 0 Å². The highest BCUT2D eigenvalue weighted by Crippen LogP contribution is 2.17. The Kier molecular flexibility index (Phi) is 42.3. The van der Waals surface area contributed by atoms with Crippen molar-refractivity contribution < 1.29 is 28.6 Å². The molecule has 0 aromatic carbocycles. The Hall–Kier alpha value is -1.59. The molecule has 0 aromatic heterocycles. The lowest BCUT2D eigenvalue weighted by Crippen LogP contribution is -2.30. The average molecular weight is 779 g/mol. The van der Waals surface area contributed by atoms with Crippen molar-refractivity contribution in [2.75, 3.05) is 13.2 Å². The largest absolute Gasteiger partial charge is 0.462 e. The molecule has 0 radical (unpaired) electrons. The number of carbonyl (C=O) groups is 3. The molecular weight excluding hydrogens is 685 g/mol. The normalized spacial score (nSPS) is 12.4. The van der Waals surface area contributed by atoms with Crippen LogP contribution in [0.4, 0.5) is 0 Å². The van der Waals surface area contributed by atoms with Crippen LogP contribution < -0.4 is 0 Å². The minimum atomic E-state index is -0.759. The van der Waals surface area contributed by atoms with Crippen molar-refractivity contribution in [1.82, 2.24) is 0 Å². The van der Waals surface area contributed by atoms with Gasteiger partial charge in [-0.25, -0.2) is 0 Å². The van der Waals surface area contributed by atoms with Crippen LogP contribution >= 0.6 is 0 Å². The Labute approximate surface area is 342 Å². The number of rotatable bonds is 44. The molecule has 0 aliphatic heterocycles. The van der Waals surface area contributed by atoms with Gasteiger partial charge in [0, 0.05) is 19.3 Å². The molecule has 0 saturated heterocycles. The van der Waals surface area contributed by atoms with Gasteiger partial charge < -0.3 is 14.2 Å². The third-order valence-corrected chi connectivity index (χ3v) is 11.4. The Morgan fingerprint density at radius 3 is 0.945 bits per heavy atom. The van der Waals surface area contributed by atoms with Gasteiger partial charge in [0.2, 0.25) is 0 Å². The highest BCUT2D eigenvalue weighted by Gasteiger charge is 2.19. The third-order valence-electron chi connectivity index (χ3n) is 11.4. The van der Waals surface area contributed by atoms with Crippen molar-refractivity contribution in [1.29, 1.82) is 0 Å². The van der Waals surface area contributed by atoms with Gasteiger partial charge in [-0.3, -0.25) is 14.4 Å². The zero-order valence-corrected chi connectivity index (χ0v) is 37.4. The lowest BCUT2D eigenvalue weighted by atomic mass is 9.99. The zero-order chi connectivity index (χ0) is 40.3. The van der Waals surface area contributed by atoms with Crippen LogP contribution in [0.15, 0.2) is 0 Å². The van der Waals surface area contributed by atoms with Crippen molar-refractivity contribution in [2.24, 2.45) is 5.92 Å². The number of carbonyl (C=O) groups excluding carboxylic acids is 3. The van der Waals surface area contributed by atoms with Gasteiger partial charge in [0.1, 0.15) is 13.2 Å². The lowest BCUT2D eigenvalue weighted by Gasteiger charge is -2.18. The molecule has 0 N–H and O–H groups in total. The summed E-state index contributed by atoms with van der Waals surface area (Å²) in [7, 11) is 0. The summed E-state index contributed by atoms with van der Waals surface area (Å²) in [5.41, 5.74) is 0. The lowest BCUT2D eigenvalue weighted by molar-refractivity contribution is -0.167. The molecule has 0 spiro atoms. The molecule has 0 aliphatic rings. The standard InChI is InChI=1S/C49H94O6/c1-5-8-10-12-14-15-16-17-18-19-20-21-26-30-34-38-42-49(52)55-46(43-53-47(50)40-36-32-27-13-11-9-6-2)44-54-48(51)41-37-33-29-25-23-22-24-28-31-35-39-45(4)7-3/h45-46H,5-44H2,1-4H3/t45?,46-/m1/s1. The Morgan fingerprint density at radius 2 is 0.636 bits per heavy atom. The van der Waals surface area contributed by atoms with E-state index < -0.39 is 6.10 Å². The van der Waals surface area contributed by atoms with Gasteiger partial charge in [-0.05, 0) is 25.2 Å². The third kappa shape index (κ3) is 41.9. The number of hydrogen-bond acceptors (Lipinski definition) is 6. The first-order chi connectivity index (χ1) is 26.9. The molecule has 1 unspecified atom stereocenters. The summed E-state index contributed by atoms with van der Waals surface area (Å²) in [6.45, 7) is 9.00. The highest BCUT2D eigenvalue weighted by atomic mass is 16.6. The molecule has 0 saturated carbocycles. The van der Waals surface area contributed by atoms with Crippen LogP contribution in [-0.4, -0.2) is 37.2 Å². The first-order valence-electron chi connectivity index (χ1n) is 24.4. The number of unbranched alkanes of at least 4 members (excludes halogenated alkanes) is 30. The molecule has 0 bridgehead atoms. The molecule has 55 heavy (non-hydrogen) atoms. The fourth-order valence-corrected chi connectivity index (χ4v) is 7.30. The summed E-state index contributed by atoms with van der Waals surface area (Å²) in [5, 5.41) is 0. The summed E-state index contributed by atoms with van der Waals surface area (Å²) in [4.78, 5) is 37.7. The fraction of sp³-hybridized carbons (Fsp3) is 0.939. The molecule has 0 fully saturated rings. The average Bonchev–Trinajstić information content (AvgIpc) is 3.18. The van der Waals surface area contributed by atoms with E-state index in [-0.39, 0.29) is 31.1 Å². The van der Waals surface area contributed by atoms with Crippen LogP contribution in [0.3, 0.4) is 0 Å². The minimum Gasteiger partial charge on any atom is -0.462 e. The molecule has 326 valence electrons. The predicted octanol–water partition coefficient (Wildman–Crippen LogP) is 15.5. The summed E-state index contributed by atoms with van der Waals surface area (Å²) in [6.07, 6.45) is 43.8. The van der Waals surface area contributed by atoms with E-state index in [9.17, 15) is 14.4 Å². The highest BCUT2D eigenvalue weighted by molar-refractivity contribution is 5.71. The van der Waals surface area contributed by atoms with E-state index in [0.29, 0.717) is 19.3 Å². The summed E-state index contributed by atoms with van der Waals surface area (Å²) in [5.74, 6) is 0.0141. The smallest absolute Gasteiger partial charge is 0.306 e. The van der Waals surface area contributed by atoms with Crippen molar-refractivity contribution in [3.8, 4) is 0 Å². The molecule has 2 atom stereocenters. The van der Waals surface area contributed by atoms with E-state index in [4.69, 9.17) is 14.2 Å². The molecule has 6 nitrogen and oxygen atoms in total. The van der Waals surface area contributed by atoms with Gasteiger partial charge in [0.25, 0.3) is 0 Å². The van der Waals surface area contributed by atoms with Crippen molar-refractivity contribution in [3.63, 3.8) is 0 Å². The van der Waals surface area contributed by atoms with Crippen molar-refractivity contribution >= 4 is 17.9 Å². The van der Waals surface area contributed by atoms with Crippen LogP contribution in [0.1, 0.15) is 272 Å². The molecule has 6 heteroatoms. The molecule has 0 heterocycles. The fourth-order valence-electron chi connectivity index (χ4n) is 7.30. The van der Waals surface area contributed by atoms with Gasteiger partial charge in [-0.1, -0.05) is 233 Å². The van der Waals surface area contributed by atoms with Gasteiger partial charge in [-0.15, -0.1) is 0 Å². The monoisotopic (exact) mass is 779 g/mol. The molecule has 0 amide bonds. The Morgan fingerprint density at radius 1 is 0.364 bits per heavy atom. The van der Waals surface area contributed by atoms with Crippen LogP contribution in [0.5, 0.6) is 0 Å². The van der Waals surface area contributed by atoms with E-state index in [1.807, 2.05) is 0 Å². The Balaban J connectivity index is 4.24. The summed E-state index contributed by atoms with van der Waals surface area (Å²) in [6, 6.07) is 0. The summed E-state index contributed by atoms with van der Waals surface area (Å²) >= 11 is 0. The maximum absolute atomic E-state index is 12.7. The van der Waals surface area contributed by atoms with E-state index in [1.165, 1.54) is 167 Å². The number of hydrogen-bond donors (Lipinski definition) is 0. The number of esters is 3. The van der Waals surface area contributed by atoms with Crippen LogP contribution in [0, 0.1) is 5.92 Å². The first kappa shape index (κ1) is 53.4. The number of ether oxygens (including phenoxy) is 3.